The molecule has 146 valence electrons. The first-order chi connectivity index (χ1) is 12.9. The molecule has 2 atom stereocenters. The lowest BCUT2D eigenvalue weighted by Crippen LogP contribution is -2.48. The molecular formula is C23H32NO3+. The van der Waals surface area contributed by atoms with Crippen LogP contribution in [0.5, 0.6) is 17.2 Å². The number of hydrogen-bond acceptors (Lipinski definition) is 3. The molecule has 0 heterocycles. The number of ether oxygens (including phenoxy) is 2. The van der Waals surface area contributed by atoms with Gasteiger partial charge in [-0.15, -0.1) is 0 Å². The van der Waals surface area contributed by atoms with E-state index >= 15 is 0 Å². The molecule has 0 amide bonds. The summed E-state index contributed by atoms with van der Waals surface area (Å²) in [6, 6.07) is 12.2. The lowest BCUT2D eigenvalue weighted by molar-refractivity contribution is -0.932. The summed E-state index contributed by atoms with van der Waals surface area (Å²) in [6.45, 7) is 10.2. The number of phenolic OH excluding ortho intramolecular Hbond substituents is 1. The van der Waals surface area contributed by atoms with Crippen LogP contribution in [0.4, 0.5) is 0 Å². The van der Waals surface area contributed by atoms with Crippen molar-refractivity contribution in [1.29, 1.82) is 0 Å². The second-order valence-corrected chi connectivity index (χ2v) is 7.22. The van der Waals surface area contributed by atoms with Crippen LogP contribution in [0.1, 0.15) is 29.7 Å². The van der Waals surface area contributed by atoms with E-state index in [2.05, 4.69) is 39.6 Å². The standard InChI is InChI=1S/C23H31NO3/c1-7-13-24(4,8-2)21(20-11-10-19(26-5)14-17(20)3)15-18-9-12-23(27-6)22(25)16-18/h7,9-12,14,16,21H,1,8,13,15H2,2-6H3/p+1/t21-,24+/m0/s1. The topological polar surface area (TPSA) is 38.7 Å². The Morgan fingerprint density at radius 2 is 1.89 bits per heavy atom. The fourth-order valence-corrected chi connectivity index (χ4v) is 3.67. The van der Waals surface area contributed by atoms with Gasteiger partial charge in [0.1, 0.15) is 11.8 Å². The van der Waals surface area contributed by atoms with Gasteiger partial charge >= 0.3 is 0 Å². The van der Waals surface area contributed by atoms with Gasteiger partial charge in [-0.3, -0.25) is 0 Å². The minimum Gasteiger partial charge on any atom is -0.504 e. The molecule has 0 saturated carbocycles. The normalized spacial score (nSPS) is 14.3. The predicted molar refractivity (Wildman–Crippen MR) is 111 cm³/mol. The molecule has 0 aliphatic carbocycles. The van der Waals surface area contributed by atoms with Gasteiger partial charge in [0.25, 0.3) is 0 Å². The van der Waals surface area contributed by atoms with Crippen LogP contribution in [0, 0.1) is 6.92 Å². The van der Waals surface area contributed by atoms with Crippen molar-refractivity contribution in [2.45, 2.75) is 26.3 Å². The largest absolute Gasteiger partial charge is 0.504 e. The number of hydrogen-bond donors (Lipinski definition) is 1. The maximum absolute atomic E-state index is 10.2. The zero-order valence-corrected chi connectivity index (χ0v) is 17.2. The first-order valence-corrected chi connectivity index (χ1v) is 9.34. The van der Waals surface area contributed by atoms with Crippen LogP contribution < -0.4 is 9.47 Å². The van der Waals surface area contributed by atoms with E-state index in [1.807, 2.05) is 24.3 Å². The molecule has 0 spiro atoms. The predicted octanol–water partition coefficient (Wildman–Crippen LogP) is 4.65. The molecular weight excluding hydrogens is 338 g/mol. The molecule has 1 N–H and O–H groups in total. The number of methoxy groups -OCH3 is 2. The fraction of sp³-hybridized carbons (Fsp3) is 0.391. The Kier molecular flexibility index (Phi) is 6.92. The Bertz CT molecular complexity index is 787. The second-order valence-electron chi connectivity index (χ2n) is 7.22. The molecule has 0 aromatic heterocycles. The fourth-order valence-electron chi connectivity index (χ4n) is 3.67. The minimum absolute atomic E-state index is 0.176. The van der Waals surface area contributed by atoms with Crippen molar-refractivity contribution < 1.29 is 19.1 Å². The maximum atomic E-state index is 10.2. The summed E-state index contributed by atoms with van der Waals surface area (Å²) in [5.41, 5.74) is 3.58. The Morgan fingerprint density at radius 1 is 1.15 bits per heavy atom. The summed E-state index contributed by atoms with van der Waals surface area (Å²) in [5.74, 6) is 1.54. The van der Waals surface area contributed by atoms with Crippen LogP contribution in [0.3, 0.4) is 0 Å². The van der Waals surface area contributed by atoms with E-state index in [0.717, 1.165) is 35.3 Å². The highest BCUT2D eigenvalue weighted by atomic mass is 16.5. The Morgan fingerprint density at radius 3 is 2.41 bits per heavy atom. The van der Waals surface area contributed by atoms with E-state index in [1.165, 1.54) is 11.1 Å². The first kappa shape index (κ1) is 20.8. The number of nitrogens with zero attached hydrogens (tertiary/aromatic N) is 1. The number of quaternary nitrogens is 1. The highest BCUT2D eigenvalue weighted by molar-refractivity contribution is 5.43. The summed E-state index contributed by atoms with van der Waals surface area (Å²) < 4.78 is 11.4. The van der Waals surface area contributed by atoms with E-state index < -0.39 is 0 Å². The third kappa shape index (κ3) is 4.64. The minimum atomic E-state index is 0.176. The Labute approximate surface area is 163 Å². The third-order valence-electron chi connectivity index (χ3n) is 5.53. The van der Waals surface area contributed by atoms with Crippen molar-refractivity contribution in [3.8, 4) is 17.2 Å². The van der Waals surface area contributed by atoms with E-state index in [-0.39, 0.29) is 11.8 Å². The van der Waals surface area contributed by atoms with E-state index in [0.29, 0.717) is 5.75 Å². The van der Waals surface area contributed by atoms with Crippen LogP contribution >= 0.6 is 0 Å². The number of aryl methyl sites for hydroxylation is 1. The summed E-state index contributed by atoms with van der Waals surface area (Å²) in [4.78, 5) is 0. The number of rotatable bonds is 9. The molecule has 2 aromatic carbocycles. The van der Waals surface area contributed by atoms with Gasteiger partial charge in [-0.25, -0.2) is 0 Å². The average molecular weight is 371 g/mol. The van der Waals surface area contributed by atoms with Crippen LogP contribution in [0.25, 0.3) is 0 Å². The molecule has 0 aliphatic rings. The van der Waals surface area contributed by atoms with E-state index in [4.69, 9.17) is 9.47 Å². The second kappa shape index (κ2) is 8.96. The van der Waals surface area contributed by atoms with Crippen molar-refractivity contribution in [2.24, 2.45) is 0 Å². The molecule has 2 rings (SSSR count). The third-order valence-corrected chi connectivity index (χ3v) is 5.53. The van der Waals surface area contributed by atoms with Crippen molar-refractivity contribution in [3.05, 3.63) is 65.7 Å². The smallest absolute Gasteiger partial charge is 0.160 e. The molecule has 27 heavy (non-hydrogen) atoms. The molecule has 0 aliphatic heterocycles. The maximum Gasteiger partial charge on any atom is 0.160 e. The molecule has 0 saturated heterocycles. The molecule has 0 fully saturated rings. The molecule has 0 unspecified atom stereocenters. The van der Waals surface area contributed by atoms with Gasteiger partial charge in [0.05, 0.1) is 34.4 Å². The Hall–Kier alpha value is -2.46. The summed E-state index contributed by atoms with van der Waals surface area (Å²) in [6.07, 6.45) is 2.80. The number of aromatic hydroxyl groups is 1. The van der Waals surface area contributed by atoms with Gasteiger partial charge < -0.3 is 19.1 Å². The monoisotopic (exact) mass is 370 g/mol. The van der Waals surface area contributed by atoms with Crippen LogP contribution in [-0.2, 0) is 6.42 Å². The first-order valence-electron chi connectivity index (χ1n) is 9.34. The van der Waals surface area contributed by atoms with Gasteiger partial charge in [0, 0.05) is 12.0 Å². The van der Waals surface area contributed by atoms with Crippen LogP contribution in [0.15, 0.2) is 49.1 Å². The quantitative estimate of drug-likeness (QED) is 0.516. The number of benzene rings is 2. The van der Waals surface area contributed by atoms with Crippen LogP contribution in [0.2, 0.25) is 0 Å². The van der Waals surface area contributed by atoms with E-state index in [1.54, 1.807) is 20.3 Å². The number of phenols is 1. The van der Waals surface area contributed by atoms with Gasteiger partial charge in [0.2, 0.25) is 0 Å². The average Bonchev–Trinajstić information content (AvgIpc) is 2.66. The van der Waals surface area contributed by atoms with Crippen molar-refractivity contribution in [3.63, 3.8) is 0 Å². The van der Waals surface area contributed by atoms with E-state index in [9.17, 15) is 5.11 Å². The van der Waals surface area contributed by atoms with Crippen LogP contribution in [-0.4, -0.2) is 43.9 Å². The SMILES string of the molecule is C=CC[N@@+](C)(CC)[C@@H](Cc1ccc(OC)c(O)c1)c1ccc(OC)cc1C. The van der Waals surface area contributed by atoms with Gasteiger partial charge in [-0.05, 0) is 61.4 Å². The van der Waals surface area contributed by atoms with Gasteiger partial charge in [0.15, 0.2) is 11.5 Å². The summed E-state index contributed by atoms with van der Waals surface area (Å²) in [5, 5.41) is 10.2. The lowest BCUT2D eigenvalue weighted by Gasteiger charge is -2.41. The highest BCUT2D eigenvalue weighted by Crippen LogP contribution is 2.36. The molecule has 2 aromatic rings. The zero-order chi connectivity index (χ0) is 20.0. The summed E-state index contributed by atoms with van der Waals surface area (Å²) >= 11 is 0. The lowest BCUT2D eigenvalue weighted by atomic mass is 9.92. The molecule has 0 radical (unpaired) electrons. The van der Waals surface area contributed by atoms with Gasteiger partial charge in [-0.2, -0.15) is 0 Å². The molecule has 4 heteroatoms. The van der Waals surface area contributed by atoms with Crippen molar-refractivity contribution in [1.82, 2.24) is 0 Å². The van der Waals surface area contributed by atoms with Crippen molar-refractivity contribution in [2.75, 3.05) is 34.4 Å². The van der Waals surface area contributed by atoms with Crippen molar-refractivity contribution >= 4 is 0 Å². The Balaban J connectivity index is 2.50. The van der Waals surface area contributed by atoms with Gasteiger partial charge in [-0.1, -0.05) is 12.6 Å². The highest BCUT2D eigenvalue weighted by Gasteiger charge is 2.33. The molecule has 0 bridgehead atoms. The summed E-state index contributed by atoms with van der Waals surface area (Å²) in [7, 11) is 5.52. The zero-order valence-electron chi connectivity index (χ0n) is 17.2. The molecule has 4 nitrogen and oxygen atoms in total. The number of likely N-dealkylation sites (N-methyl/N-ethyl adjacent to an activating group) is 1.